The van der Waals surface area contributed by atoms with Crippen LogP contribution >= 0.6 is 22.7 Å². The highest BCUT2D eigenvalue weighted by molar-refractivity contribution is 7.17. The molecule has 52 heavy (non-hydrogen) atoms. The van der Waals surface area contributed by atoms with E-state index in [1.807, 2.05) is 73.4 Å². The van der Waals surface area contributed by atoms with Crippen LogP contribution in [0.1, 0.15) is 27.1 Å². The molecule has 2 N–H and O–H groups in total. The molecule has 4 aliphatic heterocycles. The Morgan fingerprint density at radius 1 is 0.692 bits per heavy atom. The van der Waals surface area contributed by atoms with Gasteiger partial charge in [-0.15, -0.1) is 22.7 Å². The molecule has 4 aliphatic rings. The minimum absolute atomic E-state index is 0.115. The summed E-state index contributed by atoms with van der Waals surface area (Å²) in [7, 11) is 4.01. The Kier molecular flexibility index (Phi) is 9.72. The molecule has 4 heterocycles. The normalized spacial score (nSPS) is 11.3. The molecule has 0 aromatic heterocycles. The van der Waals surface area contributed by atoms with E-state index >= 15 is 0 Å². The Balaban J connectivity index is 0.000000166. The molecular weight excluding hydrogens is 697 g/mol. The van der Waals surface area contributed by atoms with Gasteiger partial charge in [-0.2, -0.15) is 19.6 Å². The summed E-state index contributed by atoms with van der Waals surface area (Å²) in [6.07, 6.45) is 0.894. The van der Waals surface area contributed by atoms with Crippen molar-refractivity contribution in [2.75, 3.05) is 27.2 Å². The molecule has 0 atom stereocenters. The molecule has 0 spiro atoms. The minimum atomic E-state index is -1.00. The zero-order valence-corrected chi connectivity index (χ0v) is 29.8. The van der Waals surface area contributed by atoms with Crippen molar-refractivity contribution in [3.05, 3.63) is 140 Å². The van der Waals surface area contributed by atoms with Crippen LogP contribution in [-0.4, -0.2) is 68.6 Å². The summed E-state index contributed by atoms with van der Waals surface area (Å²) < 4.78 is 4.87. The fourth-order valence-electron chi connectivity index (χ4n) is 5.76. The van der Waals surface area contributed by atoms with E-state index in [1.54, 1.807) is 36.4 Å². The van der Waals surface area contributed by atoms with Gasteiger partial charge in [0.15, 0.2) is 0 Å². The maximum Gasteiger partial charge on any atom is 0.335 e. The molecule has 0 fully saturated rings. The first-order chi connectivity index (χ1) is 25.2. The second-order valence-corrected chi connectivity index (χ2v) is 14.1. The number of aromatic carboxylic acids is 1. The van der Waals surface area contributed by atoms with Crippen LogP contribution in [0, 0.1) is 0 Å². The third-order valence-corrected chi connectivity index (χ3v) is 10.4. The smallest absolute Gasteiger partial charge is 0.335 e. The van der Waals surface area contributed by atoms with Crippen molar-refractivity contribution in [1.82, 2.24) is 29.8 Å². The van der Waals surface area contributed by atoms with Gasteiger partial charge in [-0.1, -0.05) is 36.4 Å². The first-order valence-electron chi connectivity index (χ1n) is 16.4. The van der Waals surface area contributed by atoms with Gasteiger partial charge in [-0.05, 0) is 87.7 Å². The fourth-order valence-corrected chi connectivity index (χ4v) is 7.58. The molecule has 11 nitrogen and oxygen atoms in total. The molecule has 0 saturated heterocycles. The lowest BCUT2D eigenvalue weighted by Gasteiger charge is -2.10. The number of fused-ring (bicyclic) bond motifs is 6. The second kappa shape index (κ2) is 14.7. The van der Waals surface area contributed by atoms with Crippen molar-refractivity contribution in [1.29, 1.82) is 0 Å². The fraction of sp³-hybridized carbons (Fsp3) is 0.128. The summed E-state index contributed by atoms with van der Waals surface area (Å²) in [6.45, 7) is 1.55. The van der Waals surface area contributed by atoms with E-state index in [-0.39, 0.29) is 22.6 Å². The number of carboxylic acid groups (broad SMARTS) is 1. The Morgan fingerprint density at radius 3 is 1.62 bits per heavy atom. The first-order valence-corrected chi connectivity index (χ1v) is 18.1. The SMILES string of the molecule is CN(C)CCCNC(=O)c1ccc(-n2nc3c4ccccc4scc-3c2=O)cc1.O=C(O)c1ccc(-n2nc3c4ccccc4scc-3c2=O)cc1. The molecule has 8 rings (SSSR count). The average molecular weight is 729 g/mol. The average Bonchev–Trinajstić information content (AvgIpc) is 3.70. The van der Waals surface area contributed by atoms with E-state index in [9.17, 15) is 19.2 Å². The van der Waals surface area contributed by atoms with Crippen molar-refractivity contribution in [2.45, 2.75) is 6.42 Å². The Bertz CT molecular complexity index is 2600. The molecule has 0 radical (unpaired) electrons. The second-order valence-electron chi connectivity index (χ2n) is 12.2. The van der Waals surface area contributed by atoms with Crippen LogP contribution in [0.25, 0.3) is 54.1 Å². The lowest BCUT2D eigenvalue weighted by atomic mass is 10.1. The third-order valence-electron chi connectivity index (χ3n) is 8.45. The number of hydrogen-bond donors (Lipinski definition) is 2. The summed E-state index contributed by atoms with van der Waals surface area (Å²) in [4.78, 5) is 50.7. The van der Waals surface area contributed by atoms with E-state index in [4.69, 9.17) is 5.11 Å². The number of aromatic nitrogens is 4. The van der Waals surface area contributed by atoms with Gasteiger partial charge in [-0.3, -0.25) is 14.4 Å². The van der Waals surface area contributed by atoms with E-state index in [1.165, 1.54) is 44.2 Å². The summed E-state index contributed by atoms with van der Waals surface area (Å²) in [6, 6.07) is 28.8. The van der Waals surface area contributed by atoms with E-state index in [0.717, 1.165) is 33.1 Å². The van der Waals surface area contributed by atoms with Crippen LogP contribution in [0.15, 0.2) is 117 Å². The highest BCUT2D eigenvalue weighted by atomic mass is 32.1. The van der Waals surface area contributed by atoms with Crippen LogP contribution in [0.2, 0.25) is 0 Å². The maximum atomic E-state index is 12.8. The van der Waals surface area contributed by atoms with Crippen LogP contribution in [0.3, 0.4) is 0 Å². The van der Waals surface area contributed by atoms with Gasteiger partial charge in [0.1, 0.15) is 11.4 Å². The molecule has 0 saturated carbocycles. The molecule has 4 aromatic carbocycles. The van der Waals surface area contributed by atoms with Crippen molar-refractivity contribution >= 4 is 54.7 Å². The van der Waals surface area contributed by atoms with Crippen molar-refractivity contribution in [3.63, 3.8) is 0 Å². The predicted molar refractivity (Wildman–Crippen MR) is 206 cm³/mol. The van der Waals surface area contributed by atoms with Gasteiger partial charge >= 0.3 is 5.97 Å². The van der Waals surface area contributed by atoms with Crippen LogP contribution in [-0.2, 0) is 0 Å². The van der Waals surface area contributed by atoms with Crippen molar-refractivity contribution < 1.29 is 14.7 Å². The first kappa shape index (κ1) is 34.4. The molecule has 0 aliphatic carbocycles. The third kappa shape index (κ3) is 6.84. The summed E-state index contributed by atoms with van der Waals surface area (Å²) in [5.41, 5.74) is 4.11. The number of amides is 1. The number of nitrogens with zero attached hydrogens (tertiary/aromatic N) is 5. The molecular formula is C39H32N6O5S2. The van der Waals surface area contributed by atoms with E-state index < -0.39 is 5.97 Å². The maximum absolute atomic E-state index is 12.8. The molecule has 260 valence electrons. The summed E-state index contributed by atoms with van der Waals surface area (Å²) in [5.74, 6) is -1.12. The quantitative estimate of drug-likeness (QED) is 0.170. The predicted octanol–water partition coefficient (Wildman–Crippen LogP) is 6.48. The molecule has 13 heteroatoms. The Morgan fingerprint density at radius 2 is 1.15 bits per heavy atom. The molecule has 0 bridgehead atoms. The van der Waals surface area contributed by atoms with E-state index in [0.29, 0.717) is 46.0 Å². The van der Waals surface area contributed by atoms with Gasteiger partial charge in [0.2, 0.25) is 0 Å². The van der Waals surface area contributed by atoms with Gasteiger partial charge in [0.05, 0.1) is 28.1 Å². The Labute approximate surface area is 305 Å². The summed E-state index contributed by atoms with van der Waals surface area (Å²) in [5, 5.41) is 26.5. The number of rotatable bonds is 8. The van der Waals surface area contributed by atoms with Gasteiger partial charge in [0, 0.05) is 43.0 Å². The van der Waals surface area contributed by atoms with Gasteiger partial charge < -0.3 is 15.3 Å². The number of benzene rings is 4. The van der Waals surface area contributed by atoms with Gasteiger partial charge in [-0.25, -0.2) is 4.79 Å². The zero-order valence-electron chi connectivity index (χ0n) is 28.1. The zero-order chi connectivity index (χ0) is 36.4. The number of carbonyl (C=O) groups excluding carboxylic acids is 1. The van der Waals surface area contributed by atoms with Crippen LogP contribution in [0.5, 0.6) is 0 Å². The molecule has 0 unspecified atom stereocenters. The largest absolute Gasteiger partial charge is 0.478 e. The number of carboxylic acids is 1. The van der Waals surface area contributed by atoms with Crippen molar-refractivity contribution in [3.8, 4) is 33.9 Å². The molecule has 4 aromatic rings. The minimum Gasteiger partial charge on any atom is -0.478 e. The number of nitrogens with one attached hydrogen (secondary N) is 1. The monoisotopic (exact) mass is 728 g/mol. The summed E-state index contributed by atoms with van der Waals surface area (Å²) >= 11 is 3.04. The van der Waals surface area contributed by atoms with E-state index in [2.05, 4.69) is 20.4 Å². The lowest BCUT2D eigenvalue weighted by molar-refractivity contribution is 0.0696. The standard InChI is InChI=1S/C22H22N4O2S.C17H10N2O3S/c1-25(2)13-5-12-23-21(27)15-8-10-16(11-9-15)26-22(28)18-14-29-19-7-4-3-6-17(19)20(18)24-26;20-16-13-9-23-14-4-2-1-3-12(14)15(13)18-19(16)11-7-5-10(6-8-11)17(21)22/h3-4,6-11,14H,5,12-13H2,1-2H3,(H,23,27);1-9H,(H,21,22). The number of hydrogen-bond acceptors (Lipinski definition) is 9. The highest BCUT2D eigenvalue weighted by Crippen LogP contribution is 2.32. The van der Waals surface area contributed by atoms with Gasteiger partial charge in [0.25, 0.3) is 17.0 Å². The van der Waals surface area contributed by atoms with Crippen LogP contribution < -0.4 is 16.4 Å². The van der Waals surface area contributed by atoms with Crippen LogP contribution in [0.4, 0.5) is 0 Å². The number of carbonyl (C=O) groups is 2. The Hall–Kier alpha value is -6.02. The topological polar surface area (TPSA) is 139 Å². The van der Waals surface area contributed by atoms with Crippen molar-refractivity contribution in [2.24, 2.45) is 0 Å². The lowest BCUT2D eigenvalue weighted by Crippen LogP contribution is -2.27. The highest BCUT2D eigenvalue weighted by Gasteiger charge is 2.20. The molecule has 1 amide bonds.